The van der Waals surface area contributed by atoms with Crippen LogP contribution >= 0.6 is 0 Å². The first-order valence-electron chi connectivity index (χ1n) is 12.6. The summed E-state index contributed by atoms with van der Waals surface area (Å²) >= 11 is 0. The van der Waals surface area contributed by atoms with Crippen molar-refractivity contribution in [3.05, 3.63) is 89.5 Å². The monoisotopic (exact) mass is 500 g/mol. The molecule has 4 rings (SSSR count). The molecule has 0 radical (unpaired) electrons. The lowest BCUT2D eigenvalue weighted by Gasteiger charge is -2.26. The number of amides is 2. The Kier molecular flexibility index (Phi) is 8.56. The van der Waals surface area contributed by atoms with Crippen molar-refractivity contribution in [1.29, 1.82) is 0 Å². The fourth-order valence-electron chi connectivity index (χ4n) is 4.61. The minimum Gasteiger partial charge on any atom is -0.490 e. The van der Waals surface area contributed by atoms with Gasteiger partial charge >= 0.3 is 5.97 Å². The Labute approximate surface area is 216 Å². The summed E-state index contributed by atoms with van der Waals surface area (Å²) in [7, 11) is 0. The Hall–Kier alpha value is -4.13. The maximum atomic E-state index is 12.5. The number of hydrogen-bond acceptors (Lipinski definition) is 4. The third-order valence-corrected chi connectivity index (χ3v) is 6.71. The number of carboxylic acids is 1. The second-order valence-corrected chi connectivity index (χ2v) is 9.36. The average Bonchev–Trinajstić information content (AvgIpc) is 2.92. The van der Waals surface area contributed by atoms with E-state index in [9.17, 15) is 14.4 Å². The molecule has 0 aromatic heterocycles. The number of aliphatic carboxylic acids is 1. The van der Waals surface area contributed by atoms with Gasteiger partial charge in [0.25, 0.3) is 11.8 Å². The van der Waals surface area contributed by atoms with Crippen LogP contribution in [-0.4, -0.2) is 42.1 Å². The van der Waals surface area contributed by atoms with Crippen LogP contribution in [0.3, 0.4) is 0 Å². The van der Waals surface area contributed by atoms with Crippen LogP contribution in [0.15, 0.2) is 72.8 Å². The molecular weight excluding hydrogens is 468 g/mol. The van der Waals surface area contributed by atoms with Crippen LogP contribution in [-0.2, 0) is 4.79 Å². The van der Waals surface area contributed by atoms with Crippen molar-refractivity contribution in [3.63, 3.8) is 0 Å². The third kappa shape index (κ3) is 6.97. The van der Waals surface area contributed by atoms with Gasteiger partial charge in [-0.3, -0.25) is 14.4 Å². The number of carbonyl (C=O) groups is 3. The van der Waals surface area contributed by atoms with E-state index in [1.165, 1.54) is 0 Å². The summed E-state index contributed by atoms with van der Waals surface area (Å²) in [5.41, 5.74) is 4.30. The number of rotatable bonds is 9. The van der Waals surface area contributed by atoms with Crippen LogP contribution in [0.1, 0.15) is 52.0 Å². The molecule has 7 heteroatoms. The van der Waals surface area contributed by atoms with Crippen molar-refractivity contribution in [3.8, 4) is 16.9 Å². The van der Waals surface area contributed by atoms with Gasteiger partial charge < -0.3 is 20.5 Å². The van der Waals surface area contributed by atoms with Crippen molar-refractivity contribution < 1.29 is 24.2 Å². The molecule has 2 amide bonds. The van der Waals surface area contributed by atoms with Gasteiger partial charge in [-0.1, -0.05) is 36.4 Å². The van der Waals surface area contributed by atoms with E-state index in [-0.39, 0.29) is 23.8 Å². The van der Waals surface area contributed by atoms with E-state index in [4.69, 9.17) is 9.84 Å². The topological polar surface area (TPSA) is 105 Å². The zero-order valence-electron chi connectivity index (χ0n) is 20.9. The van der Waals surface area contributed by atoms with Crippen LogP contribution < -0.4 is 15.4 Å². The molecule has 3 N–H and O–H groups in total. The predicted octanol–water partition coefficient (Wildman–Crippen LogP) is 4.84. The van der Waals surface area contributed by atoms with E-state index in [2.05, 4.69) is 10.6 Å². The van der Waals surface area contributed by atoms with Gasteiger partial charge in [0.05, 0.1) is 12.0 Å². The van der Waals surface area contributed by atoms with Gasteiger partial charge in [-0.15, -0.1) is 0 Å². The van der Waals surface area contributed by atoms with Gasteiger partial charge in [-0.05, 0) is 85.7 Å². The van der Waals surface area contributed by atoms with Gasteiger partial charge in [0, 0.05) is 24.2 Å². The molecule has 0 aliphatic heterocycles. The Bertz CT molecular complexity index is 1230. The van der Waals surface area contributed by atoms with E-state index in [1.54, 1.807) is 24.3 Å². The van der Waals surface area contributed by atoms with Crippen LogP contribution in [0.25, 0.3) is 11.1 Å². The molecule has 1 aliphatic carbocycles. The van der Waals surface area contributed by atoms with Crippen molar-refractivity contribution in [1.82, 2.24) is 10.6 Å². The average molecular weight is 501 g/mol. The fourth-order valence-corrected chi connectivity index (χ4v) is 4.61. The number of nitrogens with one attached hydrogen (secondary N) is 2. The zero-order valence-corrected chi connectivity index (χ0v) is 20.9. The molecule has 1 saturated carbocycles. The highest BCUT2D eigenvalue weighted by atomic mass is 16.5. The normalized spacial score (nSPS) is 17.0. The minimum absolute atomic E-state index is 0.00258. The van der Waals surface area contributed by atoms with Gasteiger partial charge in [0.2, 0.25) is 0 Å². The first-order chi connectivity index (χ1) is 17.9. The fraction of sp³-hybridized carbons (Fsp3) is 0.300. The van der Waals surface area contributed by atoms with Gasteiger partial charge in [0.1, 0.15) is 5.75 Å². The summed E-state index contributed by atoms with van der Waals surface area (Å²) in [6.45, 7) is 2.60. The van der Waals surface area contributed by atoms with E-state index in [0.29, 0.717) is 55.6 Å². The number of benzene rings is 3. The van der Waals surface area contributed by atoms with Crippen molar-refractivity contribution >= 4 is 17.8 Å². The highest BCUT2D eigenvalue weighted by Gasteiger charge is 2.26. The second-order valence-electron chi connectivity index (χ2n) is 9.36. The lowest BCUT2D eigenvalue weighted by molar-refractivity contribution is -0.143. The maximum absolute atomic E-state index is 12.5. The Balaban J connectivity index is 1.20. The lowest BCUT2D eigenvalue weighted by Crippen LogP contribution is -2.34. The molecule has 7 nitrogen and oxygen atoms in total. The molecule has 0 heterocycles. The van der Waals surface area contributed by atoms with Crippen LogP contribution in [0.2, 0.25) is 0 Å². The molecule has 192 valence electrons. The van der Waals surface area contributed by atoms with Crippen molar-refractivity contribution in [2.24, 2.45) is 5.92 Å². The molecule has 0 spiro atoms. The van der Waals surface area contributed by atoms with E-state index >= 15 is 0 Å². The van der Waals surface area contributed by atoms with Crippen LogP contribution in [0, 0.1) is 12.8 Å². The summed E-state index contributed by atoms with van der Waals surface area (Å²) in [5, 5.41) is 14.8. The van der Waals surface area contributed by atoms with Crippen molar-refractivity contribution in [2.45, 2.75) is 38.7 Å². The van der Waals surface area contributed by atoms with E-state index in [0.717, 1.165) is 16.7 Å². The molecule has 3 aromatic carbocycles. The Morgan fingerprint density at radius 2 is 1.41 bits per heavy atom. The summed E-state index contributed by atoms with van der Waals surface area (Å²) in [6, 6.07) is 22.6. The molecule has 1 aliphatic rings. The van der Waals surface area contributed by atoms with Gasteiger partial charge in [0.15, 0.2) is 0 Å². The molecule has 1 fully saturated rings. The smallest absolute Gasteiger partial charge is 0.306 e. The highest BCUT2D eigenvalue weighted by Crippen LogP contribution is 2.28. The van der Waals surface area contributed by atoms with Gasteiger partial charge in [-0.2, -0.15) is 0 Å². The standard InChI is InChI=1S/C30H32N2O5/c1-20-19-24(11-16-27(20)21-5-3-2-4-6-21)29(34)32-18-17-31-28(33)22-7-12-25(13-8-22)37-26-14-9-23(10-15-26)30(35)36/h2-8,11-13,16,19,23,26H,9-10,14-15,17-18H2,1H3,(H,31,33)(H,32,34)(H,35,36). The highest BCUT2D eigenvalue weighted by molar-refractivity contribution is 5.95. The summed E-state index contributed by atoms with van der Waals surface area (Å²) < 4.78 is 5.95. The molecule has 0 atom stereocenters. The number of ether oxygens (including phenoxy) is 1. The first-order valence-corrected chi connectivity index (χ1v) is 12.6. The maximum Gasteiger partial charge on any atom is 0.306 e. The Morgan fingerprint density at radius 1 is 0.811 bits per heavy atom. The SMILES string of the molecule is Cc1cc(C(=O)NCCNC(=O)c2ccc(OC3CCC(C(=O)O)CC3)cc2)ccc1-c1ccccc1. The molecule has 3 aromatic rings. The quantitative estimate of drug-likeness (QED) is 0.365. The molecule has 37 heavy (non-hydrogen) atoms. The van der Waals surface area contributed by atoms with Crippen LogP contribution in [0.4, 0.5) is 0 Å². The van der Waals surface area contributed by atoms with Gasteiger partial charge in [-0.25, -0.2) is 0 Å². The predicted molar refractivity (Wildman–Crippen MR) is 142 cm³/mol. The summed E-state index contributed by atoms with van der Waals surface area (Å²) in [4.78, 5) is 36.1. The second kappa shape index (κ2) is 12.2. The van der Waals surface area contributed by atoms with E-state index in [1.807, 2.05) is 55.5 Å². The molecular formula is C30H32N2O5. The number of carboxylic acid groups (broad SMARTS) is 1. The number of carbonyl (C=O) groups excluding carboxylic acids is 2. The largest absolute Gasteiger partial charge is 0.490 e. The lowest BCUT2D eigenvalue weighted by atomic mass is 9.87. The number of aryl methyl sites for hydroxylation is 1. The molecule has 0 bridgehead atoms. The summed E-state index contributed by atoms with van der Waals surface area (Å²) in [5.74, 6) is -0.765. The molecule has 0 saturated heterocycles. The zero-order chi connectivity index (χ0) is 26.2. The van der Waals surface area contributed by atoms with Crippen molar-refractivity contribution in [2.75, 3.05) is 13.1 Å². The first kappa shape index (κ1) is 25.9. The van der Waals surface area contributed by atoms with Crippen LogP contribution in [0.5, 0.6) is 5.75 Å². The minimum atomic E-state index is -0.735. The Morgan fingerprint density at radius 3 is 2.00 bits per heavy atom. The molecule has 0 unspecified atom stereocenters. The third-order valence-electron chi connectivity index (χ3n) is 6.71. The number of hydrogen-bond donors (Lipinski definition) is 3. The van der Waals surface area contributed by atoms with E-state index < -0.39 is 5.97 Å². The summed E-state index contributed by atoms with van der Waals surface area (Å²) in [6.07, 6.45) is 2.66.